The SMILES string of the molecule is CC[C@@H]1CCCCN1C(=O)CN1CCN(c2nccs2)CC1. The smallest absolute Gasteiger partial charge is 0.236 e. The number of carbonyl (C=O) groups is 1. The van der Waals surface area contributed by atoms with Crippen molar-refractivity contribution in [1.82, 2.24) is 14.8 Å². The lowest BCUT2D eigenvalue weighted by Gasteiger charge is -2.38. The quantitative estimate of drug-likeness (QED) is 0.851. The minimum atomic E-state index is 0.328. The Balaban J connectivity index is 1.48. The molecule has 0 saturated carbocycles. The van der Waals surface area contributed by atoms with E-state index in [0.717, 1.165) is 44.3 Å². The minimum Gasteiger partial charge on any atom is -0.346 e. The Morgan fingerprint density at radius 1 is 1.27 bits per heavy atom. The molecule has 1 aromatic rings. The van der Waals surface area contributed by atoms with E-state index >= 15 is 0 Å². The minimum absolute atomic E-state index is 0.328. The average Bonchev–Trinajstić information content (AvgIpc) is 3.10. The number of anilines is 1. The van der Waals surface area contributed by atoms with Crippen molar-refractivity contribution in [3.8, 4) is 0 Å². The molecule has 0 bridgehead atoms. The van der Waals surface area contributed by atoms with Crippen LogP contribution in [0.1, 0.15) is 32.6 Å². The van der Waals surface area contributed by atoms with Gasteiger partial charge in [0.25, 0.3) is 0 Å². The number of hydrogen-bond donors (Lipinski definition) is 0. The van der Waals surface area contributed by atoms with Crippen LogP contribution in [0.3, 0.4) is 0 Å². The van der Waals surface area contributed by atoms with Gasteiger partial charge in [0.2, 0.25) is 5.91 Å². The topological polar surface area (TPSA) is 39.7 Å². The number of aromatic nitrogens is 1. The van der Waals surface area contributed by atoms with Gasteiger partial charge in [-0.25, -0.2) is 4.98 Å². The zero-order chi connectivity index (χ0) is 15.4. The number of hydrogen-bond acceptors (Lipinski definition) is 5. The molecular formula is C16H26N4OS. The van der Waals surface area contributed by atoms with Gasteiger partial charge in [-0.2, -0.15) is 0 Å². The van der Waals surface area contributed by atoms with Gasteiger partial charge >= 0.3 is 0 Å². The van der Waals surface area contributed by atoms with E-state index in [1.54, 1.807) is 11.3 Å². The molecule has 1 aromatic heterocycles. The average molecular weight is 322 g/mol. The normalized spacial score (nSPS) is 23.8. The van der Waals surface area contributed by atoms with Gasteiger partial charge in [0, 0.05) is 50.3 Å². The van der Waals surface area contributed by atoms with Crippen molar-refractivity contribution < 1.29 is 4.79 Å². The van der Waals surface area contributed by atoms with Crippen LogP contribution in [-0.2, 0) is 4.79 Å². The second kappa shape index (κ2) is 7.42. The molecule has 0 unspecified atom stereocenters. The van der Waals surface area contributed by atoms with Gasteiger partial charge in [-0.1, -0.05) is 6.92 Å². The number of piperidine rings is 1. The Labute approximate surface area is 136 Å². The predicted molar refractivity (Wildman–Crippen MR) is 90.4 cm³/mol. The Kier molecular flexibility index (Phi) is 5.31. The van der Waals surface area contributed by atoms with Crippen LogP contribution in [0.25, 0.3) is 0 Å². The summed E-state index contributed by atoms with van der Waals surface area (Å²) in [4.78, 5) is 23.7. The van der Waals surface area contributed by atoms with E-state index in [-0.39, 0.29) is 0 Å². The van der Waals surface area contributed by atoms with Gasteiger partial charge in [0.1, 0.15) is 0 Å². The fourth-order valence-corrected chi connectivity index (χ4v) is 4.20. The van der Waals surface area contributed by atoms with E-state index in [9.17, 15) is 4.79 Å². The number of carbonyl (C=O) groups excluding carboxylic acids is 1. The summed E-state index contributed by atoms with van der Waals surface area (Å²) < 4.78 is 0. The molecule has 5 nitrogen and oxygen atoms in total. The van der Waals surface area contributed by atoms with Gasteiger partial charge in [0.05, 0.1) is 6.54 Å². The van der Waals surface area contributed by atoms with Crippen LogP contribution in [0, 0.1) is 0 Å². The van der Waals surface area contributed by atoms with Crippen molar-refractivity contribution in [2.75, 3.05) is 44.2 Å². The maximum absolute atomic E-state index is 12.6. The number of likely N-dealkylation sites (tertiary alicyclic amines) is 1. The van der Waals surface area contributed by atoms with Crippen LogP contribution >= 0.6 is 11.3 Å². The molecule has 3 heterocycles. The van der Waals surface area contributed by atoms with Crippen molar-refractivity contribution in [2.45, 2.75) is 38.6 Å². The summed E-state index contributed by atoms with van der Waals surface area (Å²) in [5.41, 5.74) is 0. The summed E-state index contributed by atoms with van der Waals surface area (Å²) in [6, 6.07) is 0.470. The predicted octanol–water partition coefficient (Wildman–Crippen LogP) is 2.06. The van der Waals surface area contributed by atoms with Gasteiger partial charge in [-0.05, 0) is 25.7 Å². The van der Waals surface area contributed by atoms with Crippen molar-refractivity contribution in [3.63, 3.8) is 0 Å². The monoisotopic (exact) mass is 322 g/mol. The first-order valence-corrected chi connectivity index (χ1v) is 9.32. The van der Waals surface area contributed by atoms with Crippen molar-refractivity contribution >= 4 is 22.4 Å². The molecule has 2 fully saturated rings. The molecular weight excluding hydrogens is 296 g/mol. The van der Waals surface area contributed by atoms with Crippen LogP contribution in [0.4, 0.5) is 5.13 Å². The molecule has 122 valence electrons. The Hall–Kier alpha value is -1.14. The molecule has 3 rings (SSSR count). The first-order valence-electron chi connectivity index (χ1n) is 8.44. The third kappa shape index (κ3) is 3.60. The summed E-state index contributed by atoms with van der Waals surface area (Å²) in [7, 11) is 0. The standard InChI is InChI=1S/C16H26N4OS/c1-2-14-5-3-4-7-20(14)15(21)13-18-8-10-19(11-9-18)16-17-6-12-22-16/h6,12,14H,2-5,7-11,13H2,1H3/t14-/m1/s1. The maximum Gasteiger partial charge on any atom is 0.236 e. The second-order valence-corrected chi connectivity index (χ2v) is 7.10. The molecule has 0 spiro atoms. The highest BCUT2D eigenvalue weighted by atomic mass is 32.1. The maximum atomic E-state index is 12.6. The van der Waals surface area contributed by atoms with Crippen LogP contribution in [0.2, 0.25) is 0 Å². The summed E-state index contributed by atoms with van der Waals surface area (Å²) in [5.74, 6) is 0.328. The molecule has 2 saturated heterocycles. The summed E-state index contributed by atoms with van der Waals surface area (Å²) in [6.45, 7) is 7.59. The van der Waals surface area contributed by atoms with Crippen molar-refractivity contribution in [2.24, 2.45) is 0 Å². The summed E-state index contributed by atoms with van der Waals surface area (Å²) >= 11 is 1.69. The molecule has 0 aliphatic carbocycles. The summed E-state index contributed by atoms with van der Waals surface area (Å²) in [6.07, 6.45) is 6.57. The number of rotatable bonds is 4. The van der Waals surface area contributed by atoms with Crippen molar-refractivity contribution in [1.29, 1.82) is 0 Å². The van der Waals surface area contributed by atoms with Gasteiger partial charge < -0.3 is 9.80 Å². The van der Waals surface area contributed by atoms with Gasteiger partial charge in [0.15, 0.2) is 5.13 Å². The zero-order valence-corrected chi connectivity index (χ0v) is 14.2. The molecule has 0 radical (unpaired) electrons. The highest BCUT2D eigenvalue weighted by Gasteiger charge is 2.27. The number of amides is 1. The Morgan fingerprint density at radius 3 is 2.77 bits per heavy atom. The second-order valence-electron chi connectivity index (χ2n) is 6.22. The van der Waals surface area contributed by atoms with Crippen LogP contribution in [-0.4, -0.2) is 66.0 Å². The molecule has 22 heavy (non-hydrogen) atoms. The molecule has 0 aromatic carbocycles. The highest BCUT2D eigenvalue weighted by Crippen LogP contribution is 2.21. The van der Waals surface area contributed by atoms with Crippen molar-refractivity contribution in [3.05, 3.63) is 11.6 Å². The first kappa shape index (κ1) is 15.7. The lowest BCUT2D eigenvalue weighted by atomic mass is 10.00. The van der Waals surface area contributed by atoms with E-state index in [0.29, 0.717) is 18.5 Å². The zero-order valence-electron chi connectivity index (χ0n) is 13.4. The third-order valence-electron chi connectivity index (χ3n) is 4.84. The van der Waals surface area contributed by atoms with E-state index < -0.39 is 0 Å². The third-order valence-corrected chi connectivity index (χ3v) is 5.67. The molecule has 6 heteroatoms. The van der Waals surface area contributed by atoms with Crippen LogP contribution in [0.5, 0.6) is 0 Å². The van der Waals surface area contributed by atoms with Gasteiger partial charge in [-0.15, -0.1) is 11.3 Å². The Bertz CT molecular complexity index is 471. The molecule has 0 N–H and O–H groups in total. The molecule has 1 amide bonds. The van der Waals surface area contributed by atoms with E-state index in [1.807, 2.05) is 11.6 Å². The molecule has 1 atom stereocenters. The lowest BCUT2D eigenvalue weighted by Crippen LogP contribution is -2.52. The van der Waals surface area contributed by atoms with E-state index in [4.69, 9.17) is 0 Å². The van der Waals surface area contributed by atoms with Crippen LogP contribution < -0.4 is 4.90 Å². The number of nitrogens with zero attached hydrogens (tertiary/aromatic N) is 4. The summed E-state index contributed by atoms with van der Waals surface area (Å²) in [5, 5.41) is 3.12. The first-order chi connectivity index (χ1) is 10.8. The molecule has 2 aliphatic rings. The van der Waals surface area contributed by atoms with E-state index in [1.165, 1.54) is 19.3 Å². The number of thiazole rings is 1. The largest absolute Gasteiger partial charge is 0.346 e. The number of piperazine rings is 1. The van der Waals surface area contributed by atoms with Gasteiger partial charge in [-0.3, -0.25) is 9.69 Å². The van der Waals surface area contributed by atoms with E-state index in [2.05, 4.69) is 26.6 Å². The molecule has 2 aliphatic heterocycles. The fraction of sp³-hybridized carbons (Fsp3) is 0.750. The van der Waals surface area contributed by atoms with Crippen LogP contribution in [0.15, 0.2) is 11.6 Å². The lowest BCUT2D eigenvalue weighted by molar-refractivity contribution is -0.136. The Morgan fingerprint density at radius 2 is 2.09 bits per heavy atom. The fourth-order valence-electron chi connectivity index (χ4n) is 3.50. The highest BCUT2D eigenvalue weighted by molar-refractivity contribution is 7.13.